The van der Waals surface area contributed by atoms with Crippen LogP contribution in [0, 0.1) is 6.92 Å². The molecule has 0 heterocycles. The first-order valence-corrected chi connectivity index (χ1v) is 7.71. The third kappa shape index (κ3) is 3.70. The molecule has 0 amide bonds. The van der Waals surface area contributed by atoms with Crippen molar-refractivity contribution in [2.75, 3.05) is 18.1 Å². The van der Waals surface area contributed by atoms with Crippen molar-refractivity contribution >= 4 is 21.5 Å². The highest BCUT2D eigenvalue weighted by Gasteiger charge is 2.30. The van der Waals surface area contributed by atoms with Gasteiger partial charge in [0.1, 0.15) is 0 Å². The zero-order chi connectivity index (χ0) is 14.8. The lowest BCUT2D eigenvalue weighted by Crippen LogP contribution is -2.38. The van der Waals surface area contributed by atoms with E-state index in [-0.39, 0.29) is 12.1 Å². The van der Waals surface area contributed by atoms with Gasteiger partial charge in [0.25, 0.3) is 0 Å². The van der Waals surface area contributed by atoms with Crippen LogP contribution in [0.4, 0.5) is 5.69 Å². The van der Waals surface area contributed by atoms with E-state index in [0.29, 0.717) is 5.69 Å². The van der Waals surface area contributed by atoms with Gasteiger partial charge in [-0.3, -0.25) is 0 Å². The van der Waals surface area contributed by atoms with Crippen LogP contribution in [0.1, 0.15) is 29.8 Å². The van der Waals surface area contributed by atoms with E-state index in [9.17, 15) is 13.2 Å². The summed E-state index contributed by atoms with van der Waals surface area (Å²) >= 11 is 0. The molecule has 0 saturated carbocycles. The van der Waals surface area contributed by atoms with Gasteiger partial charge in [-0.2, -0.15) is 0 Å². The van der Waals surface area contributed by atoms with Gasteiger partial charge in [-0.25, -0.2) is 13.2 Å². The number of carbonyl (C=O) groups is 1. The number of hydrogen-bond donors (Lipinski definition) is 2. The molecule has 0 aliphatic carbocycles. The number of hydrogen-bond acceptors (Lipinski definition) is 4. The highest BCUT2D eigenvalue weighted by Crippen LogP contribution is 2.21. The van der Waals surface area contributed by atoms with Crippen molar-refractivity contribution in [2.45, 2.75) is 25.5 Å². The molecule has 19 heavy (non-hydrogen) atoms. The maximum absolute atomic E-state index is 11.6. The minimum Gasteiger partial charge on any atom is -0.478 e. The monoisotopic (exact) mass is 285 g/mol. The minimum atomic E-state index is -3.22. The van der Waals surface area contributed by atoms with Crippen LogP contribution in [0.15, 0.2) is 18.2 Å². The van der Waals surface area contributed by atoms with Crippen molar-refractivity contribution < 1.29 is 18.3 Å². The predicted octanol–water partition coefficient (Wildman–Crippen LogP) is 1.93. The second-order valence-corrected chi connectivity index (χ2v) is 7.89. The molecule has 6 heteroatoms. The summed E-state index contributed by atoms with van der Waals surface area (Å²) in [4.78, 5) is 11.1. The van der Waals surface area contributed by atoms with E-state index in [1.54, 1.807) is 39.0 Å². The Kier molecular flexibility index (Phi) is 4.25. The first-order chi connectivity index (χ1) is 8.54. The van der Waals surface area contributed by atoms with Crippen LogP contribution in [-0.4, -0.2) is 37.0 Å². The number of nitrogens with one attached hydrogen (secondary N) is 1. The fourth-order valence-corrected chi connectivity index (χ4v) is 1.76. The molecular formula is C13H19NO4S. The molecule has 1 aromatic carbocycles. The second-order valence-electron chi connectivity index (χ2n) is 5.24. The van der Waals surface area contributed by atoms with Crippen molar-refractivity contribution in [3.63, 3.8) is 0 Å². The van der Waals surface area contributed by atoms with Gasteiger partial charge in [-0.1, -0.05) is 11.6 Å². The average molecular weight is 285 g/mol. The van der Waals surface area contributed by atoms with Crippen LogP contribution in [0.3, 0.4) is 0 Å². The largest absolute Gasteiger partial charge is 0.478 e. The lowest BCUT2D eigenvalue weighted by molar-refractivity contribution is 0.0698. The van der Waals surface area contributed by atoms with Crippen molar-refractivity contribution in [3.05, 3.63) is 29.3 Å². The summed E-state index contributed by atoms with van der Waals surface area (Å²) in [5, 5.41) is 12.0. The van der Waals surface area contributed by atoms with Crippen molar-refractivity contribution in [2.24, 2.45) is 0 Å². The molecule has 2 N–H and O–H groups in total. The van der Waals surface area contributed by atoms with Gasteiger partial charge < -0.3 is 10.4 Å². The van der Waals surface area contributed by atoms with Gasteiger partial charge in [0, 0.05) is 18.5 Å². The second kappa shape index (κ2) is 5.21. The van der Waals surface area contributed by atoms with Gasteiger partial charge >= 0.3 is 5.97 Å². The Labute approximate surface area is 113 Å². The number of carboxylic acids is 1. The summed E-state index contributed by atoms with van der Waals surface area (Å²) in [6, 6.07) is 4.98. The Bertz CT molecular complexity index is 591. The SMILES string of the molecule is Cc1ccc(NCC(C)(C)S(C)(=O)=O)c(C(=O)O)c1. The van der Waals surface area contributed by atoms with Crippen LogP contribution >= 0.6 is 0 Å². The maximum atomic E-state index is 11.6. The van der Waals surface area contributed by atoms with E-state index < -0.39 is 20.6 Å². The summed E-state index contributed by atoms with van der Waals surface area (Å²) in [5.41, 5.74) is 1.41. The fourth-order valence-electron chi connectivity index (χ4n) is 1.43. The Balaban J connectivity index is 2.99. The number of anilines is 1. The minimum absolute atomic E-state index is 0.143. The van der Waals surface area contributed by atoms with E-state index in [0.717, 1.165) is 5.56 Å². The number of benzene rings is 1. The third-order valence-corrected chi connectivity index (χ3v) is 5.27. The van der Waals surface area contributed by atoms with E-state index in [4.69, 9.17) is 5.11 Å². The van der Waals surface area contributed by atoms with Crippen molar-refractivity contribution in [1.29, 1.82) is 0 Å². The Hall–Kier alpha value is -1.56. The zero-order valence-corrected chi connectivity index (χ0v) is 12.3. The average Bonchev–Trinajstić information content (AvgIpc) is 2.25. The lowest BCUT2D eigenvalue weighted by Gasteiger charge is -2.24. The molecule has 0 aliphatic heterocycles. The Morgan fingerprint density at radius 3 is 2.42 bits per heavy atom. The normalized spacial score (nSPS) is 12.2. The van der Waals surface area contributed by atoms with Crippen LogP contribution in [0.2, 0.25) is 0 Å². The molecule has 0 spiro atoms. The molecule has 106 valence electrons. The standard InChI is InChI=1S/C13H19NO4S/c1-9-5-6-11(10(7-9)12(15)16)14-8-13(2,3)19(4,17)18/h5-7,14H,8H2,1-4H3,(H,15,16). The molecule has 0 saturated heterocycles. The molecule has 0 radical (unpaired) electrons. The van der Waals surface area contributed by atoms with Gasteiger partial charge in [-0.15, -0.1) is 0 Å². The third-order valence-electron chi connectivity index (χ3n) is 3.11. The summed E-state index contributed by atoms with van der Waals surface area (Å²) < 4.78 is 22.2. The molecule has 0 aliphatic rings. The van der Waals surface area contributed by atoms with E-state index in [1.807, 2.05) is 0 Å². The number of sulfone groups is 1. The van der Waals surface area contributed by atoms with Gasteiger partial charge in [-0.05, 0) is 32.9 Å². The molecule has 5 nitrogen and oxygen atoms in total. The molecule has 1 aromatic rings. The lowest BCUT2D eigenvalue weighted by atomic mass is 10.1. The summed E-state index contributed by atoms with van der Waals surface area (Å²) in [6.07, 6.45) is 1.17. The molecule has 0 unspecified atom stereocenters. The molecule has 0 bridgehead atoms. The van der Waals surface area contributed by atoms with E-state index in [2.05, 4.69) is 5.32 Å². The van der Waals surface area contributed by atoms with Crippen molar-refractivity contribution in [1.82, 2.24) is 0 Å². The van der Waals surface area contributed by atoms with Gasteiger partial charge in [0.2, 0.25) is 0 Å². The van der Waals surface area contributed by atoms with Crippen LogP contribution < -0.4 is 5.32 Å². The highest BCUT2D eigenvalue weighted by atomic mass is 32.2. The number of aryl methyl sites for hydroxylation is 1. The molecule has 0 atom stereocenters. The van der Waals surface area contributed by atoms with E-state index >= 15 is 0 Å². The number of carboxylic acid groups (broad SMARTS) is 1. The first kappa shape index (κ1) is 15.5. The van der Waals surface area contributed by atoms with Gasteiger partial charge in [0.05, 0.1) is 10.3 Å². The topological polar surface area (TPSA) is 83.5 Å². The number of aromatic carboxylic acids is 1. The molecule has 1 rings (SSSR count). The van der Waals surface area contributed by atoms with Crippen molar-refractivity contribution in [3.8, 4) is 0 Å². The van der Waals surface area contributed by atoms with Crippen LogP contribution in [0.5, 0.6) is 0 Å². The fraction of sp³-hybridized carbons (Fsp3) is 0.462. The number of rotatable bonds is 5. The predicted molar refractivity (Wildman–Crippen MR) is 75.6 cm³/mol. The first-order valence-electron chi connectivity index (χ1n) is 5.82. The van der Waals surface area contributed by atoms with Gasteiger partial charge in [0.15, 0.2) is 9.84 Å². The Morgan fingerprint density at radius 2 is 1.95 bits per heavy atom. The Morgan fingerprint density at radius 1 is 1.37 bits per heavy atom. The highest BCUT2D eigenvalue weighted by molar-refractivity contribution is 7.92. The summed E-state index contributed by atoms with van der Waals surface area (Å²) in [7, 11) is -3.22. The van der Waals surface area contributed by atoms with E-state index in [1.165, 1.54) is 6.26 Å². The quantitative estimate of drug-likeness (QED) is 0.863. The maximum Gasteiger partial charge on any atom is 0.337 e. The smallest absolute Gasteiger partial charge is 0.337 e. The molecule has 0 aromatic heterocycles. The summed E-state index contributed by atoms with van der Waals surface area (Å²) in [6.45, 7) is 5.15. The molecule has 0 fully saturated rings. The van der Waals surface area contributed by atoms with Crippen LogP contribution in [-0.2, 0) is 9.84 Å². The zero-order valence-electron chi connectivity index (χ0n) is 11.5. The van der Waals surface area contributed by atoms with Crippen LogP contribution in [0.25, 0.3) is 0 Å². The molecular weight excluding hydrogens is 266 g/mol. The summed E-state index contributed by atoms with van der Waals surface area (Å²) in [5.74, 6) is -1.04.